The van der Waals surface area contributed by atoms with Gasteiger partial charge in [0.15, 0.2) is 11.5 Å². The fourth-order valence-corrected chi connectivity index (χ4v) is 3.15. The Balaban J connectivity index is 1.46. The molecule has 29 heavy (non-hydrogen) atoms. The highest BCUT2D eigenvalue weighted by molar-refractivity contribution is 6.33. The average Bonchev–Trinajstić information content (AvgIpc) is 3.34. The van der Waals surface area contributed by atoms with Crippen LogP contribution >= 0.6 is 11.6 Å². The van der Waals surface area contributed by atoms with Crippen molar-refractivity contribution in [1.29, 1.82) is 0 Å². The van der Waals surface area contributed by atoms with Gasteiger partial charge in [-0.15, -0.1) is 5.10 Å². The van der Waals surface area contributed by atoms with Crippen LogP contribution in [0.15, 0.2) is 59.1 Å². The van der Waals surface area contributed by atoms with E-state index in [4.69, 9.17) is 16.1 Å². The Labute approximate surface area is 172 Å². The summed E-state index contributed by atoms with van der Waals surface area (Å²) in [5.41, 5.74) is 4.29. The van der Waals surface area contributed by atoms with Gasteiger partial charge >= 0.3 is 0 Å². The molecule has 4 aromatic rings. The van der Waals surface area contributed by atoms with Gasteiger partial charge < -0.3 is 9.84 Å². The largest absolute Gasteiger partial charge is 0.359 e. The maximum Gasteiger partial charge on any atom is 0.274 e. The molecule has 2 aromatic carbocycles. The van der Waals surface area contributed by atoms with Gasteiger partial charge in [0.05, 0.1) is 22.9 Å². The Kier molecular flexibility index (Phi) is 5.14. The zero-order valence-electron chi connectivity index (χ0n) is 15.9. The monoisotopic (exact) mass is 407 g/mol. The molecule has 0 unspecified atom stereocenters. The fraction of sp³-hybridized carbons (Fsp3) is 0.143. The Hall–Kier alpha value is -3.45. The normalized spacial score (nSPS) is 10.9. The van der Waals surface area contributed by atoms with Crippen molar-refractivity contribution >= 4 is 17.5 Å². The maximum absolute atomic E-state index is 12.6. The Morgan fingerprint density at radius 3 is 2.66 bits per heavy atom. The number of amides is 1. The van der Waals surface area contributed by atoms with E-state index >= 15 is 0 Å². The maximum atomic E-state index is 12.6. The van der Waals surface area contributed by atoms with Gasteiger partial charge in [-0.3, -0.25) is 4.79 Å². The zero-order chi connectivity index (χ0) is 20.4. The Morgan fingerprint density at radius 1 is 1.14 bits per heavy atom. The molecule has 4 rings (SSSR count). The third-order valence-corrected chi connectivity index (χ3v) is 4.85. The summed E-state index contributed by atoms with van der Waals surface area (Å²) in [6, 6.07) is 16.9. The van der Waals surface area contributed by atoms with Crippen LogP contribution in [-0.2, 0) is 6.54 Å². The molecule has 0 saturated heterocycles. The third-order valence-electron chi connectivity index (χ3n) is 4.52. The molecule has 0 aliphatic rings. The number of benzene rings is 2. The van der Waals surface area contributed by atoms with Crippen molar-refractivity contribution in [3.05, 3.63) is 82.3 Å². The van der Waals surface area contributed by atoms with Crippen LogP contribution in [0.25, 0.3) is 16.9 Å². The highest BCUT2D eigenvalue weighted by Gasteiger charge is 2.18. The first kappa shape index (κ1) is 18.9. The molecule has 7 nitrogen and oxygen atoms in total. The molecule has 0 aliphatic heterocycles. The van der Waals surface area contributed by atoms with Crippen LogP contribution in [0.1, 0.15) is 27.5 Å². The molecule has 146 valence electrons. The van der Waals surface area contributed by atoms with Gasteiger partial charge in [-0.2, -0.15) is 0 Å². The van der Waals surface area contributed by atoms with Crippen LogP contribution in [0.3, 0.4) is 0 Å². The minimum atomic E-state index is -0.337. The summed E-state index contributed by atoms with van der Waals surface area (Å²) in [4.78, 5) is 12.6. The second-order valence-electron chi connectivity index (χ2n) is 6.61. The number of nitrogens with zero attached hydrogens (tertiary/aromatic N) is 4. The lowest BCUT2D eigenvalue weighted by Crippen LogP contribution is -2.23. The molecule has 0 atom stereocenters. The van der Waals surface area contributed by atoms with Gasteiger partial charge in [-0.1, -0.05) is 57.9 Å². The van der Waals surface area contributed by atoms with Gasteiger partial charge in [0.25, 0.3) is 5.91 Å². The third kappa shape index (κ3) is 3.90. The summed E-state index contributed by atoms with van der Waals surface area (Å²) in [6.07, 6.45) is 0. The van der Waals surface area contributed by atoms with Crippen LogP contribution in [0, 0.1) is 13.8 Å². The van der Waals surface area contributed by atoms with Crippen LogP contribution in [0.5, 0.6) is 0 Å². The summed E-state index contributed by atoms with van der Waals surface area (Å²) in [5, 5.41) is 15.5. The van der Waals surface area contributed by atoms with E-state index in [1.54, 1.807) is 23.7 Å². The van der Waals surface area contributed by atoms with Crippen LogP contribution in [0.4, 0.5) is 0 Å². The molecular formula is C21H18ClN5O2. The van der Waals surface area contributed by atoms with E-state index < -0.39 is 0 Å². The SMILES string of the molecule is Cc1ccc(-n2nnc(C(=O)NCc3cc(-c4ccccc4Cl)no3)c2C)cc1. The number of rotatable bonds is 5. The number of carbonyl (C=O) groups excluding carboxylic acids is 1. The van der Waals surface area contributed by atoms with Gasteiger partial charge in [-0.05, 0) is 32.0 Å². The second-order valence-corrected chi connectivity index (χ2v) is 7.02. The van der Waals surface area contributed by atoms with Crippen molar-refractivity contribution in [3.8, 4) is 16.9 Å². The summed E-state index contributed by atoms with van der Waals surface area (Å²) >= 11 is 6.19. The number of aryl methyl sites for hydroxylation is 1. The number of halogens is 1. The topological polar surface area (TPSA) is 85.8 Å². The molecule has 0 aliphatic carbocycles. The van der Waals surface area contributed by atoms with Crippen molar-refractivity contribution in [2.75, 3.05) is 0 Å². The van der Waals surface area contributed by atoms with Crippen molar-refractivity contribution in [3.63, 3.8) is 0 Å². The van der Waals surface area contributed by atoms with E-state index in [1.807, 2.05) is 49.4 Å². The molecule has 2 aromatic heterocycles. The lowest BCUT2D eigenvalue weighted by Gasteiger charge is -2.04. The molecule has 0 saturated carbocycles. The Morgan fingerprint density at radius 2 is 1.90 bits per heavy atom. The Bertz CT molecular complexity index is 1160. The molecule has 1 amide bonds. The molecule has 0 bridgehead atoms. The molecule has 0 radical (unpaired) electrons. The number of hydrogen-bond donors (Lipinski definition) is 1. The number of nitrogens with one attached hydrogen (secondary N) is 1. The number of hydrogen-bond acceptors (Lipinski definition) is 5. The quantitative estimate of drug-likeness (QED) is 0.537. The smallest absolute Gasteiger partial charge is 0.274 e. The predicted molar refractivity (Wildman–Crippen MR) is 109 cm³/mol. The average molecular weight is 408 g/mol. The van der Waals surface area contributed by atoms with Crippen molar-refractivity contribution in [2.45, 2.75) is 20.4 Å². The standard InChI is InChI=1S/C21H18ClN5O2/c1-13-7-9-15(10-8-13)27-14(2)20(24-26-27)21(28)23-12-16-11-19(25-29-16)17-5-3-4-6-18(17)22/h3-11H,12H2,1-2H3,(H,23,28). The molecule has 0 fully saturated rings. The highest BCUT2D eigenvalue weighted by atomic mass is 35.5. The summed E-state index contributed by atoms with van der Waals surface area (Å²) in [5.74, 6) is 0.174. The lowest BCUT2D eigenvalue weighted by atomic mass is 10.1. The summed E-state index contributed by atoms with van der Waals surface area (Å²) in [7, 11) is 0. The minimum Gasteiger partial charge on any atom is -0.359 e. The molecular weight excluding hydrogens is 390 g/mol. The number of carbonyl (C=O) groups is 1. The zero-order valence-corrected chi connectivity index (χ0v) is 16.6. The first-order valence-corrected chi connectivity index (χ1v) is 9.39. The van der Waals surface area contributed by atoms with Gasteiger partial charge in [0.1, 0.15) is 5.69 Å². The van der Waals surface area contributed by atoms with Crippen LogP contribution in [-0.4, -0.2) is 26.1 Å². The van der Waals surface area contributed by atoms with E-state index in [2.05, 4.69) is 20.8 Å². The van der Waals surface area contributed by atoms with Crippen LogP contribution < -0.4 is 5.32 Å². The highest BCUT2D eigenvalue weighted by Crippen LogP contribution is 2.27. The predicted octanol–water partition coefficient (Wildman–Crippen LogP) is 4.12. The summed E-state index contributed by atoms with van der Waals surface area (Å²) in [6.45, 7) is 3.99. The van der Waals surface area contributed by atoms with Gasteiger partial charge in [-0.25, -0.2) is 4.68 Å². The van der Waals surface area contributed by atoms with Gasteiger partial charge in [0, 0.05) is 11.6 Å². The van der Waals surface area contributed by atoms with Crippen molar-refractivity contribution < 1.29 is 9.32 Å². The second kappa shape index (κ2) is 7.89. The van der Waals surface area contributed by atoms with Crippen molar-refractivity contribution in [2.24, 2.45) is 0 Å². The lowest BCUT2D eigenvalue weighted by molar-refractivity contribution is 0.0941. The number of aromatic nitrogens is 4. The minimum absolute atomic E-state index is 0.174. The molecule has 1 N–H and O–H groups in total. The fourth-order valence-electron chi connectivity index (χ4n) is 2.91. The molecule has 0 spiro atoms. The van der Waals surface area contributed by atoms with Gasteiger partial charge in [0.2, 0.25) is 0 Å². The van der Waals surface area contributed by atoms with E-state index in [-0.39, 0.29) is 18.1 Å². The van der Waals surface area contributed by atoms with E-state index in [9.17, 15) is 4.79 Å². The van der Waals surface area contributed by atoms with Crippen LogP contribution in [0.2, 0.25) is 5.02 Å². The van der Waals surface area contributed by atoms with E-state index in [0.29, 0.717) is 22.2 Å². The first-order chi connectivity index (χ1) is 14.0. The van der Waals surface area contributed by atoms with E-state index in [0.717, 1.165) is 16.8 Å². The van der Waals surface area contributed by atoms with E-state index in [1.165, 1.54) is 0 Å². The first-order valence-electron chi connectivity index (χ1n) is 9.01. The van der Waals surface area contributed by atoms with Crippen molar-refractivity contribution in [1.82, 2.24) is 25.5 Å². The summed E-state index contributed by atoms with van der Waals surface area (Å²) < 4.78 is 6.95. The molecule has 2 heterocycles. The molecule has 8 heteroatoms.